The van der Waals surface area contributed by atoms with Crippen LogP contribution in [0.15, 0.2) is 30.3 Å². The van der Waals surface area contributed by atoms with Crippen molar-refractivity contribution in [3.8, 4) is 0 Å². The molecule has 1 amide bonds. The lowest BCUT2D eigenvalue weighted by Gasteiger charge is -2.36. The average Bonchev–Trinajstić information content (AvgIpc) is 2.31. The minimum absolute atomic E-state index is 0.194. The number of benzene rings is 1. The highest BCUT2D eigenvalue weighted by molar-refractivity contribution is 5.79. The Morgan fingerprint density at radius 2 is 1.88 bits per heavy atom. The van der Waals surface area contributed by atoms with Crippen LogP contribution in [0, 0.1) is 5.92 Å². The quantitative estimate of drug-likeness (QED) is 0.746. The summed E-state index contributed by atoms with van der Waals surface area (Å²) in [6.07, 6.45) is 2.16. The van der Waals surface area contributed by atoms with Gasteiger partial charge in [-0.05, 0) is 25.3 Å². The van der Waals surface area contributed by atoms with Crippen LogP contribution in [0.2, 0.25) is 0 Å². The highest BCUT2D eigenvalue weighted by Gasteiger charge is 2.29. The first kappa shape index (κ1) is 11.2. The Balaban J connectivity index is 2.10. The lowest BCUT2D eigenvalue weighted by atomic mass is 9.93. The van der Waals surface area contributed by atoms with Gasteiger partial charge in [0.05, 0.1) is 0 Å². The zero-order valence-electron chi connectivity index (χ0n) is 10.0. The molecule has 0 radical (unpaired) electrons. The van der Waals surface area contributed by atoms with E-state index in [1.54, 1.807) is 0 Å². The molecule has 1 fully saturated rings. The topological polar surface area (TPSA) is 20.3 Å². The summed E-state index contributed by atoms with van der Waals surface area (Å²) in [6.45, 7) is 4.93. The van der Waals surface area contributed by atoms with Crippen molar-refractivity contribution in [2.45, 2.75) is 39.3 Å². The van der Waals surface area contributed by atoms with E-state index in [4.69, 9.17) is 0 Å². The Hall–Kier alpha value is -1.31. The molecule has 2 heteroatoms. The number of amides is 1. The van der Waals surface area contributed by atoms with Gasteiger partial charge >= 0.3 is 0 Å². The highest BCUT2D eigenvalue weighted by Crippen LogP contribution is 2.24. The maximum atomic E-state index is 12.1. The largest absolute Gasteiger partial charge is 0.335 e. The normalized spacial score (nSPS) is 25.9. The lowest BCUT2D eigenvalue weighted by Crippen LogP contribution is -2.45. The van der Waals surface area contributed by atoms with Crippen molar-refractivity contribution in [1.82, 2.24) is 4.90 Å². The number of carbonyl (C=O) groups is 1. The number of piperidine rings is 1. The second-order valence-electron chi connectivity index (χ2n) is 4.78. The van der Waals surface area contributed by atoms with Gasteiger partial charge in [0.1, 0.15) is 0 Å². The van der Waals surface area contributed by atoms with E-state index in [1.165, 1.54) is 5.56 Å². The first-order valence-corrected chi connectivity index (χ1v) is 6.03. The van der Waals surface area contributed by atoms with Gasteiger partial charge in [-0.25, -0.2) is 0 Å². The molecular weight excluding hydrogens is 198 g/mol. The number of likely N-dealkylation sites (tertiary alicyclic amines) is 1. The third kappa shape index (κ3) is 2.26. The molecule has 0 N–H and O–H groups in total. The number of nitrogens with zero attached hydrogens (tertiary/aromatic N) is 1. The Bertz CT molecular complexity index is 360. The van der Waals surface area contributed by atoms with Crippen molar-refractivity contribution in [2.24, 2.45) is 5.92 Å². The van der Waals surface area contributed by atoms with Crippen LogP contribution in [-0.4, -0.2) is 16.8 Å². The van der Waals surface area contributed by atoms with E-state index in [1.807, 2.05) is 30.0 Å². The molecule has 1 heterocycles. The van der Waals surface area contributed by atoms with E-state index in [2.05, 4.69) is 19.1 Å². The van der Waals surface area contributed by atoms with Crippen LogP contribution in [0.1, 0.15) is 32.3 Å². The summed E-state index contributed by atoms with van der Waals surface area (Å²) in [5, 5.41) is 0. The predicted octanol–water partition coefficient (Wildman–Crippen LogP) is 2.83. The van der Waals surface area contributed by atoms with Crippen LogP contribution >= 0.6 is 0 Å². The van der Waals surface area contributed by atoms with Gasteiger partial charge in [0.15, 0.2) is 0 Å². The van der Waals surface area contributed by atoms with Gasteiger partial charge in [-0.3, -0.25) is 4.79 Å². The Morgan fingerprint density at radius 1 is 1.19 bits per heavy atom. The van der Waals surface area contributed by atoms with E-state index in [-0.39, 0.29) is 5.92 Å². The minimum atomic E-state index is 0.194. The van der Waals surface area contributed by atoms with Gasteiger partial charge in [-0.15, -0.1) is 0 Å². The van der Waals surface area contributed by atoms with Gasteiger partial charge in [-0.2, -0.15) is 0 Å². The average molecular weight is 217 g/mol. The molecule has 0 spiro atoms. The van der Waals surface area contributed by atoms with E-state index < -0.39 is 0 Å². The van der Waals surface area contributed by atoms with E-state index >= 15 is 0 Å². The van der Waals surface area contributed by atoms with Crippen LogP contribution in [0.25, 0.3) is 0 Å². The standard InChI is InChI=1S/C14H19NO/c1-11-8-9-12(2)15(14(11)16)10-13-6-4-3-5-7-13/h3-7,11-12H,8-10H2,1-2H3. The molecule has 1 saturated heterocycles. The minimum Gasteiger partial charge on any atom is -0.335 e. The summed E-state index contributed by atoms with van der Waals surface area (Å²) >= 11 is 0. The van der Waals surface area contributed by atoms with E-state index in [0.717, 1.165) is 19.4 Å². The van der Waals surface area contributed by atoms with Crippen molar-refractivity contribution in [3.05, 3.63) is 35.9 Å². The van der Waals surface area contributed by atoms with Crippen LogP contribution in [-0.2, 0) is 11.3 Å². The summed E-state index contributed by atoms with van der Waals surface area (Å²) in [4.78, 5) is 14.1. The monoisotopic (exact) mass is 217 g/mol. The molecule has 0 aromatic heterocycles. The molecule has 1 aliphatic rings. The number of rotatable bonds is 2. The number of hydrogen-bond acceptors (Lipinski definition) is 1. The van der Waals surface area contributed by atoms with Crippen LogP contribution < -0.4 is 0 Å². The molecule has 2 unspecified atom stereocenters. The molecule has 86 valence electrons. The van der Waals surface area contributed by atoms with E-state index in [9.17, 15) is 4.79 Å². The third-order valence-electron chi connectivity index (χ3n) is 3.45. The zero-order chi connectivity index (χ0) is 11.5. The molecular formula is C14H19NO. The van der Waals surface area contributed by atoms with Crippen molar-refractivity contribution in [2.75, 3.05) is 0 Å². The lowest BCUT2D eigenvalue weighted by molar-refractivity contribution is -0.141. The Morgan fingerprint density at radius 3 is 2.56 bits per heavy atom. The SMILES string of the molecule is CC1CCC(C)N(Cc2ccccc2)C1=O. The fourth-order valence-electron chi connectivity index (χ4n) is 2.28. The Labute approximate surface area is 97.3 Å². The summed E-state index contributed by atoms with van der Waals surface area (Å²) in [5.41, 5.74) is 1.22. The summed E-state index contributed by atoms with van der Waals surface area (Å²) < 4.78 is 0. The van der Waals surface area contributed by atoms with Crippen molar-refractivity contribution >= 4 is 5.91 Å². The van der Waals surface area contributed by atoms with Gasteiger partial charge in [0.2, 0.25) is 5.91 Å². The fourth-order valence-corrected chi connectivity index (χ4v) is 2.28. The van der Waals surface area contributed by atoms with Crippen LogP contribution in [0.4, 0.5) is 0 Å². The number of carbonyl (C=O) groups excluding carboxylic acids is 1. The maximum Gasteiger partial charge on any atom is 0.225 e. The van der Waals surface area contributed by atoms with E-state index in [0.29, 0.717) is 11.9 Å². The predicted molar refractivity (Wildman–Crippen MR) is 64.9 cm³/mol. The molecule has 2 atom stereocenters. The highest BCUT2D eigenvalue weighted by atomic mass is 16.2. The molecule has 0 bridgehead atoms. The molecule has 1 aromatic rings. The first-order valence-electron chi connectivity index (χ1n) is 6.03. The summed E-state index contributed by atoms with van der Waals surface area (Å²) in [5.74, 6) is 0.502. The van der Waals surface area contributed by atoms with Crippen molar-refractivity contribution in [1.29, 1.82) is 0 Å². The molecule has 1 aliphatic heterocycles. The van der Waals surface area contributed by atoms with Gasteiger partial charge in [-0.1, -0.05) is 37.3 Å². The number of hydrogen-bond donors (Lipinski definition) is 0. The maximum absolute atomic E-state index is 12.1. The second kappa shape index (κ2) is 4.69. The van der Waals surface area contributed by atoms with Gasteiger partial charge in [0.25, 0.3) is 0 Å². The first-order chi connectivity index (χ1) is 7.68. The van der Waals surface area contributed by atoms with Crippen molar-refractivity contribution < 1.29 is 4.79 Å². The van der Waals surface area contributed by atoms with Gasteiger partial charge in [0, 0.05) is 18.5 Å². The molecule has 0 aliphatic carbocycles. The summed E-state index contributed by atoms with van der Waals surface area (Å²) in [6, 6.07) is 10.6. The smallest absolute Gasteiger partial charge is 0.225 e. The zero-order valence-corrected chi connectivity index (χ0v) is 10.0. The van der Waals surface area contributed by atoms with Gasteiger partial charge < -0.3 is 4.90 Å². The summed E-state index contributed by atoms with van der Waals surface area (Å²) in [7, 11) is 0. The second-order valence-corrected chi connectivity index (χ2v) is 4.78. The molecule has 2 rings (SSSR count). The third-order valence-corrected chi connectivity index (χ3v) is 3.45. The molecule has 16 heavy (non-hydrogen) atoms. The molecule has 0 saturated carbocycles. The fraction of sp³-hybridized carbons (Fsp3) is 0.500. The Kier molecular flexibility index (Phi) is 3.28. The molecule has 2 nitrogen and oxygen atoms in total. The van der Waals surface area contributed by atoms with Crippen molar-refractivity contribution in [3.63, 3.8) is 0 Å². The van der Waals surface area contributed by atoms with Crippen LogP contribution in [0.3, 0.4) is 0 Å². The van der Waals surface area contributed by atoms with Crippen LogP contribution in [0.5, 0.6) is 0 Å². The molecule has 1 aromatic carbocycles.